The van der Waals surface area contributed by atoms with E-state index in [0.717, 1.165) is 32.1 Å². The molecule has 10 nitrogen and oxygen atoms in total. The number of hydrogen-bond acceptors (Lipinski definition) is 8. The number of sulfonamides is 1. The van der Waals surface area contributed by atoms with Crippen LogP contribution >= 0.6 is 0 Å². The van der Waals surface area contributed by atoms with E-state index in [2.05, 4.69) is 5.32 Å². The maximum atomic E-state index is 13.9. The Hall–Kier alpha value is -1.92. The lowest BCUT2D eigenvalue weighted by Gasteiger charge is -2.58. The van der Waals surface area contributed by atoms with Crippen LogP contribution in [0, 0.1) is 35.0 Å². The minimum Gasteiger partial charge on any atom is -0.497 e. The molecule has 1 amide bonds. The van der Waals surface area contributed by atoms with Crippen LogP contribution in [-0.4, -0.2) is 81.9 Å². The van der Waals surface area contributed by atoms with Gasteiger partial charge < -0.3 is 29.4 Å². The summed E-state index contributed by atoms with van der Waals surface area (Å²) in [7, 11) is -2.38. The highest BCUT2D eigenvalue weighted by Crippen LogP contribution is 2.61. The van der Waals surface area contributed by atoms with Gasteiger partial charge >= 0.3 is 6.09 Å². The monoisotopic (exact) mass is 634 g/mol. The van der Waals surface area contributed by atoms with Crippen molar-refractivity contribution in [2.45, 2.75) is 101 Å². The van der Waals surface area contributed by atoms with Gasteiger partial charge in [-0.2, -0.15) is 4.31 Å². The van der Waals surface area contributed by atoms with Crippen molar-refractivity contribution >= 4 is 16.1 Å². The van der Waals surface area contributed by atoms with Crippen molar-refractivity contribution < 1.29 is 37.3 Å². The topological polar surface area (TPSA) is 124 Å². The number of nitrogens with zero attached hydrogens (tertiary/aromatic N) is 1. The molecular formula is C33H50N2O8S. The van der Waals surface area contributed by atoms with Crippen LogP contribution in [0.15, 0.2) is 29.2 Å². The Balaban J connectivity index is 1.21. The normalized spacial score (nSPS) is 34.1. The Bertz CT molecular complexity index is 1220. The largest absolute Gasteiger partial charge is 0.497 e. The summed E-state index contributed by atoms with van der Waals surface area (Å²) in [6.45, 7) is 4.95. The van der Waals surface area contributed by atoms with Gasteiger partial charge in [-0.05, 0) is 111 Å². The average Bonchev–Trinajstić information content (AvgIpc) is 3.38. The lowest BCUT2D eigenvalue weighted by atomic mass is 9.48. The highest BCUT2D eigenvalue weighted by Gasteiger charge is 2.52. The molecule has 0 spiro atoms. The first kappa shape index (κ1) is 32.0. The van der Waals surface area contributed by atoms with Crippen LogP contribution in [0.5, 0.6) is 5.75 Å². The number of nitrogens with one attached hydrogen (secondary N) is 1. The quantitative estimate of drug-likeness (QED) is 0.343. The van der Waals surface area contributed by atoms with Gasteiger partial charge in [0.1, 0.15) is 11.9 Å². The predicted octanol–water partition coefficient (Wildman–Crippen LogP) is 4.56. The number of rotatable bonds is 12. The van der Waals surface area contributed by atoms with Gasteiger partial charge in [0.25, 0.3) is 0 Å². The van der Waals surface area contributed by atoms with Gasteiger partial charge in [0, 0.05) is 25.6 Å². The highest BCUT2D eigenvalue weighted by atomic mass is 32.2. The number of ether oxygens (including phenoxy) is 4. The second-order valence-electron chi connectivity index (χ2n) is 14.7. The molecule has 1 aromatic carbocycles. The van der Waals surface area contributed by atoms with Crippen LogP contribution < -0.4 is 10.1 Å². The lowest BCUT2D eigenvalue weighted by Crippen LogP contribution is -2.55. The fourth-order valence-electron chi connectivity index (χ4n) is 9.27. The zero-order chi connectivity index (χ0) is 31.1. The molecule has 0 radical (unpaired) electrons. The van der Waals surface area contributed by atoms with E-state index in [4.69, 9.17) is 18.9 Å². The fourth-order valence-corrected chi connectivity index (χ4v) is 10.9. The predicted molar refractivity (Wildman–Crippen MR) is 163 cm³/mol. The smallest absolute Gasteiger partial charge is 0.407 e. The summed E-state index contributed by atoms with van der Waals surface area (Å²) in [5.74, 6) is 2.71. The van der Waals surface area contributed by atoms with E-state index in [1.807, 2.05) is 13.8 Å². The fraction of sp³-hybridized carbons (Fsp3) is 0.788. The number of aliphatic hydroxyl groups excluding tert-OH is 1. The number of carbonyl (C=O) groups excluding carboxylic acids is 1. The van der Waals surface area contributed by atoms with Crippen molar-refractivity contribution in [1.29, 1.82) is 0 Å². The zero-order valence-electron chi connectivity index (χ0n) is 26.4. The number of benzene rings is 1. The first-order chi connectivity index (χ1) is 21.0. The van der Waals surface area contributed by atoms with Crippen molar-refractivity contribution in [2.24, 2.45) is 35.0 Å². The van der Waals surface area contributed by atoms with Gasteiger partial charge in [0.05, 0.1) is 30.8 Å². The number of amides is 1. The Kier molecular flexibility index (Phi) is 9.51. The van der Waals surface area contributed by atoms with Crippen molar-refractivity contribution in [1.82, 2.24) is 9.62 Å². The van der Waals surface area contributed by atoms with Gasteiger partial charge in [-0.15, -0.1) is 0 Å². The van der Waals surface area contributed by atoms with Crippen LogP contribution in [0.3, 0.4) is 0 Å². The van der Waals surface area contributed by atoms with Crippen LogP contribution in [-0.2, 0) is 24.2 Å². The van der Waals surface area contributed by atoms with E-state index >= 15 is 0 Å². The molecular weight excluding hydrogens is 584 g/mol. The Morgan fingerprint density at radius 2 is 1.73 bits per heavy atom. The molecule has 0 aromatic heterocycles. The van der Waals surface area contributed by atoms with Crippen molar-refractivity contribution in [3.63, 3.8) is 0 Å². The SMILES string of the molecule is COc1ccc(S(=O)(=O)N(CC(C)C)C[C@@H](O)[C@H](CC23CC4CC(CC(C4)C2)C3)NC(=O)O[C@H]2CO[C@H]3OCCC[C@H]32)cc1. The van der Waals surface area contributed by atoms with E-state index in [1.165, 1.54) is 42.8 Å². The molecule has 4 aliphatic carbocycles. The van der Waals surface area contributed by atoms with Gasteiger partial charge in [-0.1, -0.05) is 13.8 Å². The summed E-state index contributed by atoms with van der Waals surface area (Å²) < 4.78 is 51.6. The third-order valence-electron chi connectivity index (χ3n) is 10.7. The Morgan fingerprint density at radius 1 is 1.07 bits per heavy atom. The van der Waals surface area contributed by atoms with Crippen molar-refractivity contribution in [3.05, 3.63) is 24.3 Å². The minimum atomic E-state index is -3.92. The molecule has 0 unspecified atom stereocenters. The molecule has 6 fully saturated rings. The molecule has 2 aliphatic heterocycles. The maximum absolute atomic E-state index is 13.9. The third-order valence-corrected chi connectivity index (χ3v) is 12.6. The maximum Gasteiger partial charge on any atom is 0.407 e. The molecule has 7 rings (SSSR count). The van der Waals surface area contributed by atoms with E-state index in [9.17, 15) is 18.3 Å². The number of alkyl carbamates (subject to hydrolysis) is 1. The van der Waals surface area contributed by atoms with Crippen LogP contribution in [0.1, 0.15) is 71.6 Å². The molecule has 2 heterocycles. The van der Waals surface area contributed by atoms with Gasteiger partial charge in [0.2, 0.25) is 10.0 Å². The molecule has 246 valence electrons. The van der Waals surface area contributed by atoms with E-state index in [1.54, 1.807) is 12.1 Å². The summed E-state index contributed by atoms with van der Waals surface area (Å²) in [4.78, 5) is 13.6. The molecule has 4 saturated carbocycles. The second-order valence-corrected chi connectivity index (χ2v) is 16.6. The molecule has 2 N–H and O–H groups in total. The first-order valence-electron chi connectivity index (χ1n) is 16.6. The summed E-state index contributed by atoms with van der Waals surface area (Å²) in [5, 5.41) is 14.9. The van der Waals surface area contributed by atoms with E-state index in [-0.39, 0.29) is 48.1 Å². The first-order valence-corrected chi connectivity index (χ1v) is 18.0. The lowest BCUT2D eigenvalue weighted by molar-refractivity contribution is -0.152. The summed E-state index contributed by atoms with van der Waals surface area (Å²) in [6.07, 6.45) is 7.10. The van der Waals surface area contributed by atoms with Gasteiger partial charge in [-0.25, -0.2) is 13.2 Å². The van der Waals surface area contributed by atoms with Gasteiger partial charge in [0.15, 0.2) is 6.29 Å². The highest BCUT2D eigenvalue weighted by molar-refractivity contribution is 7.89. The zero-order valence-corrected chi connectivity index (χ0v) is 27.2. The van der Waals surface area contributed by atoms with Crippen LogP contribution in [0.25, 0.3) is 0 Å². The Labute approximate surface area is 262 Å². The number of carbonyl (C=O) groups is 1. The van der Waals surface area contributed by atoms with E-state index in [0.29, 0.717) is 36.5 Å². The standard InChI is InChI=1S/C33H50N2O8S/c1-21(2)18-35(44(38,39)26-8-6-25(40-3)7-9-26)19-29(36)28(17-33-14-22-11-23(15-33)13-24(12-22)16-33)34-32(37)43-30-20-42-31-27(30)5-4-10-41-31/h6-9,21-24,27-31,36H,4-5,10-20H2,1-3H3,(H,34,37)/t22?,23?,24?,27-,28-,29+,30-,31+,33?/m0/s1. The van der Waals surface area contributed by atoms with Crippen LogP contribution in [0.4, 0.5) is 4.79 Å². The summed E-state index contributed by atoms with van der Waals surface area (Å²) in [6, 6.07) is 5.66. The minimum absolute atomic E-state index is 0.00259. The third kappa shape index (κ3) is 6.92. The Morgan fingerprint density at radius 3 is 2.34 bits per heavy atom. The van der Waals surface area contributed by atoms with Gasteiger partial charge in [-0.3, -0.25) is 0 Å². The number of methoxy groups -OCH3 is 1. The van der Waals surface area contributed by atoms with E-state index < -0.39 is 34.4 Å². The van der Waals surface area contributed by atoms with Crippen molar-refractivity contribution in [3.8, 4) is 5.75 Å². The number of aliphatic hydroxyl groups is 1. The molecule has 44 heavy (non-hydrogen) atoms. The summed E-state index contributed by atoms with van der Waals surface area (Å²) >= 11 is 0. The van der Waals surface area contributed by atoms with Crippen LogP contribution in [0.2, 0.25) is 0 Å². The molecule has 4 bridgehead atoms. The molecule has 6 aliphatic rings. The molecule has 2 saturated heterocycles. The number of hydrogen-bond donors (Lipinski definition) is 2. The second kappa shape index (κ2) is 13.1. The average molecular weight is 635 g/mol. The number of fused-ring (bicyclic) bond motifs is 1. The molecule has 5 atom stereocenters. The molecule has 11 heteroatoms. The summed E-state index contributed by atoms with van der Waals surface area (Å²) in [5.41, 5.74) is 0.0458. The van der Waals surface area contributed by atoms with Crippen molar-refractivity contribution in [2.75, 3.05) is 33.4 Å². The molecule has 1 aromatic rings.